The van der Waals surface area contributed by atoms with E-state index in [1.165, 1.54) is 12.1 Å². The molecule has 3 aromatic carbocycles. The van der Waals surface area contributed by atoms with Crippen LogP contribution < -0.4 is 16.4 Å². The van der Waals surface area contributed by atoms with Crippen molar-refractivity contribution in [2.75, 3.05) is 11.9 Å². The summed E-state index contributed by atoms with van der Waals surface area (Å²) >= 11 is 0. The number of allylic oxidation sites excluding steroid dienone is 2. The summed E-state index contributed by atoms with van der Waals surface area (Å²) in [5, 5.41) is 6.90. The Kier molecular flexibility index (Phi) is 9.01. The number of anilines is 1. The van der Waals surface area contributed by atoms with Crippen LogP contribution in [0.25, 0.3) is 5.70 Å². The Balaban J connectivity index is 1.94. The summed E-state index contributed by atoms with van der Waals surface area (Å²) in [6, 6.07) is 23.0. The molecule has 0 fully saturated rings. The van der Waals surface area contributed by atoms with Crippen molar-refractivity contribution in [2.24, 2.45) is 5.73 Å². The van der Waals surface area contributed by atoms with Crippen molar-refractivity contribution in [1.82, 2.24) is 5.32 Å². The van der Waals surface area contributed by atoms with E-state index in [-0.39, 0.29) is 18.0 Å². The average molecular weight is 480 g/mol. The van der Waals surface area contributed by atoms with E-state index in [0.717, 1.165) is 35.8 Å². The number of nitrogens with two attached hydrogens (primary N) is 1. The fraction of sp³-hybridized carbons (Fsp3) is 0.241. The fourth-order valence-corrected chi connectivity index (χ4v) is 3.86. The highest BCUT2D eigenvalue weighted by molar-refractivity contribution is 5.65. The monoisotopic (exact) mass is 479 g/mol. The highest BCUT2D eigenvalue weighted by Gasteiger charge is 2.32. The largest absolute Gasteiger partial charge is 0.416 e. The van der Waals surface area contributed by atoms with Gasteiger partial charge in [0.05, 0.1) is 11.6 Å². The van der Waals surface area contributed by atoms with Crippen molar-refractivity contribution in [2.45, 2.75) is 38.9 Å². The number of rotatable bonds is 10. The summed E-state index contributed by atoms with van der Waals surface area (Å²) in [5.41, 5.74) is 10.1. The van der Waals surface area contributed by atoms with E-state index in [1.54, 1.807) is 18.2 Å². The Bertz CT molecular complexity index is 1150. The molecule has 0 spiro atoms. The fourth-order valence-electron chi connectivity index (χ4n) is 3.86. The van der Waals surface area contributed by atoms with Gasteiger partial charge in [0.1, 0.15) is 0 Å². The van der Waals surface area contributed by atoms with Crippen LogP contribution in [-0.4, -0.2) is 6.54 Å². The highest BCUT2D eigenvalue weighted by atomic mass is 19.4. The number of halogens is 3. The molecule has 0 saturated carbocycles. The summed E-state index contributed by atoms with van der Waals surface area (Å²) in [7, 11) is 0. The van der Waals surface area contributed by atoms with E-state index in [2.05, 4.69) is 17.6 Å². The predicted octanol–water partition coefficient (Wildman–Crippen LogP) is 7.30. The Morgan fingerprint density at radius 1 is 0.943 bits per heavy atom. The molecular formula is C29H32F3N3. The van der Waals surface area contributed by atoms with Gasteiger partial charge in [0, 0.05) is 23.6 Å². The number of para-hydroxylation sites is 1. The smallest absolute Gasteiger partial charge is 0.398 e. The van der Waals surface area contributed by atoms with Gasteiger partial charge < -0.3 is 16.4 Å². The highest BCUT2D eigenvalue weighted by Crippen LogP contribution is 2.32. The number of benzene rings is 3. The molecule has 0 radical (unpaired) electrons. The summed E-state index contributed by atoms with van der Waals surface area (Å²) in [6.07, 6.45) is 0.243. The topological polar surface area (TPSA) is 50.1 Å². The van der Waals surface area contributed by atoms with Crippen molar-refractivity contribution in [3.63, 3.8) is 0 Å². The molecule has 6 heteroatoms. The second-order valence-corrected chi connectivity index (χ2v) is 8.36. The second kappa shape index (κ2) is 12.2. The Hall–Kier alpha value is -3.67. The Morgan fingerprint density at radius 2 is 1.60 bits per heavy atom. The normalized spacial score (nSPS) is 13.4. The van der Waals surface area contributed by atoms with Gasteiger partial charge >= 0.3 is 6.18 Å². The average Bonchev–Trinajstić information content (AvgIpc) is 2.86. The van der Waals surface area contributed by atoms with Gasteiger partial charge in [-0.3, -0.25) is 0 Å². The van der Waals surface area contributed by atoms with Crippen molar-refractivity contribution < 1.29 is 13.2 Å². The number of hydrogen-bond donors (Lipinski definition) is 3. The van der Waals surface area contributed by atoms with Crippen LogP contribution >= 0.6 is 0 Å². The third kappa shape index (κ3) is 7.41. The molecule has 3 nitrogen and oxygen atoms in total. The Labute approximate surface area is 205 Å². The van der Waals surface area contributed by atoms with Crippen molar-refractivity contribution >= 4 is 11.4 Å². The van der Waals surface area contributed by atoms with E-state index in [9.17, 15) is 13.2 Å². The van der Waals surface area contributed by atoms with E-state index in [4.69, 9.17) is 5.73 Å². The minimum Gasteiger partial charge on any atom is -0.398 e. The second-order valence-electron chi connectivity index (χ2n) is 8.36. The zero-order valence-electron chi connectivity index (χ0n) is 20.1. The quantitative estimate of drug-likeness (QED) is 0.267. The number of alkyl halides is 3. The molecule has 0 amide bonds. The third-order valence-electron chi connectivity index (χ3n) is 5.66. The molecule has 4 N–H and O–H groups in total. The summed E-state index contributed by atoms with van der Waals surface area (Å²) in [6.45, 7) is 4.98. The molecule has 0 aliphatic rings. The van der Waals surface area contributed by atoms with Crippen molar-refractivity contribution in [3.05, 3.63) is 119 Å². The van der Waals surface area contributed by atoms with Gasteiger partial charge in [0.2, 0.25) is 0 Å². The van der Waals surface area contributed by atoms with Crippen LogP contribution in [0.2, 0.25) is 0 Å². The van der Waals surface area contributed by atoms with Crippen LogP contribution in [0, 0.1) is 0 Å². The standard InChI is InChI=1S/C29H32F3N3/c1-3-19-34-28-16-10-8-14-25(28)21(2)35-24(20-27(33)23-12-5-4-6-13-23)18-17-22-11-7-9-15-26(22)29(30,31)32/h4-16,18,20-21,34-35H,3,17,19,33H2,1-2H3/b24-18+,27-20-. The number of nitrogens with one attached hydrogen (secondary N) is 2. The maximum atomic E-state index is 13.5. The zero-order valence-corrected chi connectivity index (χ0v) is 20.1. The lowest BCUT2D eigenvalue weighted by Gasteiger charge is -2.21. The lowest BCUT2D eigenvalue weighted by atomic mass is 10.0. The maximum Gasteiger partial charge on any atom is 0.416 e. The lowest BCUT2D eigenvalue weighted by molar-refractivity contribution is -0.138. The molecule has 0 heterocycles. The van der Waals surface area contributed by atoms with Gasteiger partial charge in [0.25, 0.3) is 0 Å². The third-order valence-corrected chi connectivity index (χ3v) is 5.66. The van der Waals surface area contributed by atoms with Crippen LogP contribution in [0.5, 0.6) is 0 Å². The summed E-state index contributed by atoms with van der Waals surface area (Å²) in [4.78, 5) is 0. The van der Waals surface area contributed by atoms with E-state index in [1.807, 2.05) is 61.5 Å². The molecule has 184 valence electrons. The molecule has 0 bridgehead atoms. The molecule has 0 saturated heterocycles. The summed E-state index contributed by atoms with van der Waals surface area (Å²) < 4.78 is 40.5. The van der Waals surface area contributed by atoms with Gasteiger partial charge in [-0.25, -0.2) is 0 Å². The molecule has 0 aromatic heterocycles. The van der Waals surface area contributed by atoms with Crippen LogP contribution in [0.1, 0.15) is 48.6 Å². The van der Waals surface area contributed by atoms with E-state index < -0.39 is 11.7 Å². The summed E-state index contributed by atoms with van der Waals surface area (Å²) in [5.74, 6) is 0. The molecule has 3 aromatic rings. The first-order valence-electron chi connectivity index (χ1n) is 11.8. The van der Waals surface area contributed by atoms with Gasteiger partial charge in [-0.15, -0.1) is 0 Å². The van der Waals surface area contributed by atoms with Crippen molar-refractivity contribution in [1.29, 1.82) is 0 Å². The van der Waals surface area contributed by atoms with Gasteiger partial charge in [-0.2, -0.15) is 13.2 Å². The molecule has 1 unspecified atom stereocenters. The minimum absolute atomic E-state index is 0.110. The Morgan fingerprint density at radius 3 is 2.31 bits per heavy atom. The number of hydrogen-bond acceptors (Lipinski definition) is 3. The van der Waals surface area contributed by atoms with Crippen LogP contribution in [0.15, 0.2) is 96.7 Å². The molecule has 0 aliphatic heterocycles. The van der Waals surface area contributed by atoms with E-state index >= 15 is 0 Å². The SMILES string of the molecule is CCCNc1ccccc1C(C)NC(/C=C(\N)c1ccccc1)=C/Cc1ccccc1C(F)(F)F. The minimum atomic E-state index is -4.41. The van der Waals surface area contributed by atoms with Crippen molar-refractivity contribution in [3.8, 4) is 0 Å². The predicted molar refractivity (Wildman–Crippen MR) is 139 cm³/mol. The first-order valence-corrected chi connectivity index (χ1v) is 11.8. The van der Waals surface area contributed by atoms with Gasteiger partial charge in [-0.1, -0.05) is 79.7 Å². The molecule has 3 rings (SSSR count). The van der Waals surface area contributed by atoms with Crippen LogP contribution in [0.3, 0.4) is 0 Å². The zero-order chi connectivity index (χ0) is 25.3. The maximum absolute atomic E-state index is 13.5. The van der Waals surface area contributed by atoms with E-state index in [0.29, 0.717) is 11.4 Å². The lowest BCUT2D eigenvalue weighted by Crippen LogP contribution is -2.20. The first-order chi connectivity index (χ1) is 16.8. The van der Waals surface area contributed by atoms with Gasteiger partial charge in [-0.05, 0) is 54.7 Å². The molecule has 0 aliphatic carbocycles. The van der Waals surface area contributed by atoms with Gasteiger partial charge in [0.15, 0.2) is 0 Å². The van der Waals surface area contributed by atoms with Crippen LogP contribution in [-0.2, 0) is 12.6 Å². The molecular weight excluding hydrogens is 447 g/mol. The molecule has 35 heavy (non-hydrogen) atoms. The first kappa shape index (κ1) is 25.9. The van der Waals surface area contributed by atoms with Crippen LogP contribution in [0.4, 0.5) is 18.9 Å². The molecule has 1 atom stereocenters.